The molecule has 126 valence electrons. The number of benzene rings is 2. The number of nitrogens with one attached hydrogen (secondary N) is 1. The number of rotatable bonds is 5. The van der Waals surface area contributed by atoms with Gasteiger partial charge in [0.15, 0.2) is 0 Å². The molecule has 0 aliphatic rings. The number of carboxylic acid groups (broad SMARTS) is 1. The van der Waals surface area contributed by atoms with Gasteiger partial charge in [0.1, 0.15) is 12.2 Å². The Hall–Kier alpha value is -3.00. The van der Waals surface area contributed by atoms with E-state index in [0.29, 0.717) is 16.9 Å². The fourth-order valence-electron chi connectivity index (χ4n) is 2.21. The average Bonchev–Trinajstić information content (AvgIpc) is 3.03. The van der Waals surface area contributed by atoms with E-state index in [4.69, 9.17) is 5.11 Å². The van der Waals surface area contributed by atoms with Crippen LogP contribution in [0, 0.1) is 0 Å². The summed E-state index contributed by atoms with van der Waals surface area (Å²) in [5, 5.41) is 19.3. The molecule has 0 atom stereocenters. The van der Waals surface area contributed by atoms with E-state index in [1.807, 2.05) is 6.07 Å². The molecule has 3 rings (SSSR count). The van der Waals surface area contributed by atoms with Gasteiger partial charge in [0.25, 0.3) is 5.91 Å². The molecule has 8 heteroatoms. The smallest absolute Gasteiger partial charge is 0.325 e. The fourth-order valence-corrected chi connectivity index (χ4v) is 2.47. The second-order valence-electron chi connectivity index (χ2n) is 5.24. The van der Waals surface area contributed by atoms with Crippen molar-refractivity contribution in [3.63, 3.8) is 0 Å². The van der Waals surface area contributed by atoms with Crippen LogP contribution >= 0.6 is 15.9 Å². The number of aromatic nitrogens is 3. The summed E-state index contributed by atoms with van der Waals surface area (Å²) in [4.78, 5) is 23.0. The molecule has 1 heterocycles. The molecule has 1 amide bonds. The van der Waals surface area contributed by atoms with Crippen LogP contribution in [-0.2, 0) is 11.3 Å². The maximum atomic E-state index is 12.3. The molecule has 25 heavy (non-hydrogen) atoms. The topological polar surface area (TPSA) is 97.1 Å². The monoisotopic (exact) mass is 400 g/mol. The van der Waals surface area contributed by atoms with Crippen molar-refractivity contribution in [2.45, 2.75) is 6.54 Å². The zero-order chi connectivity index (χ0) is 17.8. The number of halogens is 1. The Labute approximate surface area is 151 Å². The Kier molecular flexibility index (Phi) is 4.90. The second-order valence-corrected chi connectivity index (χ2v) is 6.15. The van der Waals surface area contributed by atoms with Crippen molar-refractivity contribution in [2.75, 3.05) is 5.32 Å². The predicted molar refractivity (Wildman–Crippen MR) is 95.2 cm³/mol. The number of carbonyl (C=O) groups excluding carboxylic acids is 1. The summed E-state index contributed by atoms with van der Waals surface area (Å²) >= 11 is 3.33. The quantitative estimate of drug-likeness (QED) is 0.685. The Bertz CT molecular complexity index is 922. The molecule has 0 aliphatic carbocycles. The van der Waals surface area contributed by atoms with Gasteiger partial charge in [-0.1, -0.05) is 33.3 Å². The van der Waals surface area contributed by atoms with Crippen LogP contribution in [0.15, 0.2) is 59.2 Å². The summed E-state index contributed by atoms with van der Waals surface area (Å²) in [5.41, 5.74) is 2.41. The lowest BCUT2D eigenvalue weighted by atomic mass is 10.1. The predicted octanol–water partition coefficient (Wildman–Crippen LogP) is 3.04. The number of nitrogens with zero attached hydrogens (tertiary/aromatic N) is 3. The number of amides is 1. The Balaban J connectivity index is 1.77. The van der Waals surface area contributed by atoms with Gasteiger partial charge >= 0.3 is 5.97 Å². The van der Waals surface area contributed by atoms with E-state index >= 15 is 0 Å². The minimum absolute atomic E-state index is 0.223. The Morgan fingerprint density at radius 2 is 1.92 bits per heavy atom. The number of anilines is 1. The molecule has 2 aromatic carbocycles. The third-order valence-corrected chi connectivity index (χ3v) is 3.89. The van der Waals surface area contributed by atoms with Crippen LogP contribution in [0.25, 0.3) is 11.3 Å². The van der Waals surface area contributed by atoms with Crippen LogP contribution in [0.4, 0.5) is 5.69 Å². The minimum Gasteiger partial charge on any atom is -0.480 e. The van der Waals surface area contributed by atoms with E-state index in [-0.39, 0.29) is 12.5 Å². The molecule has 0 fully saturated rings. The first-order valence-electron chi connectivity index (χ1n) is 7.30. The van der Waals surface area contributed by atoms with E-state index in [1.165, 1.54) is 4.68 Å². The molecule has 0 bridgehead atoms. The number of hydrogen-bond donors (Lipinski definition) is 2. The van der Waals surface area contributed by atoms with Crippen LogP contribution < -0.4 is 5.32 Å². The van der Waals surface area contributed by atoms with Gasteiger partial charge in [-0.15, -0.1) is 5.10 Å². The lowest BCUT2D eigenvalue weighted by molar-refractivity contribution is -0.137. The molecule has 0 unspecified atom stereocenters. The van der Waals surface area contributed by atoms with E-state index < -0.39 is 5.97 Å². The lowest BCUT2D eigenvalue weighted by Crippen LogP contribution is -2.11. The molecule has 0 saturated carbocycles. The fraction of sp³-hybridized carbons (Fsp3) is 0.0588. The van der Waals surface area contributed by atoms with Crippen molar-refractivity contribution < 1.29 is 14.7 Å². The molecular weight excluding hydrogens is 388 g/mol. The first-order valence-corrected chi connectivity index (χ1v) is 8.10. The van der Waals surface area contributed by atoms with Gasteiger partial charge in [0, 0.05) is 21.3 Å². The van der Waals surface area contributed by atoms with E-state index in [1.54, 1.807) is 48.7 Å². The largest absolute Gasteiger partial charge is 0.480 e. The summed E-state index contributed by atoms with van der Waals surface area (Å²) in [6, 6.07) is 14.2. The molecule has 7 nitrogen and oxygen atoms in total. The average molecular weight is 401 g/mol. The van der Waals surface area contributed by atoms with E-state index in [2.05, 4.69) is 31.6 Å². The maximum Gasteiger partial charge on any atom is 0.325 e. The number of hydrogen-bond acceptors (Lipinski definition) is 4. The molecule has 0 aliphatic heterocycles. The van der Waals surface area contributed by atoms with Gasteiger partial charge in [-0.2, -0.15) is 0 Å². The molecule has 1 aromatic heterocycles. The van der Waals surface area contributed by atoms with Gasteiger partial charge in [-0.25, -0.2) is 4.68 Å². The standard InChI is InChI=1S/C17H13BrN4O3/c18-13-6-4-11(5-7-13)17(25)19-14-3-1-2-12(8-14)15-9-22(21-20-15)10-16(23)24/h1-9H,10H2,(H,19,25)(H,23,24). The molecule has 0 saturated heterocycles. The Morgan fingerprint density at radius 1 is 1.16 bits per heavy atom. The van der Waals surface area contributed by atoms with Crippen LogP contribution in [0.2, 0.25) is 0 Å². The van der Waals surface area contributed by atoms with Crippen molar-refractivity contribution in [3.05, 3.63) is 64.8 Å². The highest BCUT2D eigenvalue weighted by Gasteiger charge is 2.09. The highest BCUT2D eigenvalue weighted by Crippen LogP contribution is 2.21. The van der Waals surface area contributed by atoms with Gasteiger partial charge < -0.3 is 10.4 Å². The highest BCUT2D eigenvalue weighted by molar-refractivity contribution is 9.10. The lowest BCUT2D eigenvalue weighted by Gasteiger charge is -2.06. The van der Waals surface area contributed by atoms with Crippen molar-refractivity contribution in [1.29, 1.82) is 0 Å². The SMILES string of the molecule is O=C(O)Cn1cc(-c2cccc(NC(=O)c3ccc(Br)cc3)c2)nn1. The summed E-state index contributed by atoms with van der Waals surface area (Å²) in [5.74, 6) is -1.22. The highest BCUT2D eigenvalue weighted by atomic mass is 79.9. The van der Waals surface area contributed by atoms with E-state index in [9.17, 15) is 9.59 Å². The molecule has 2 N–H and O–H groups in total. The first kappa shape index (κ1) is 16.8. The Morgan fingerprint density at radius 3 is 2.64 bits per heavy atom. The van der Waals surface area contributed by atoms with Crippen molar-refractivity contribution in [1.82, 2.24) is 15.0 Å². The number of aliphatic carboxylic acids is 1. The summed E-state index contributed by atoms with van der Waals surface area (Å²) in [6.07, 6.45) is 1.55. The summed E-state index contributed by atoms with van der Waals surface area (Å²) in [6.45, 7) is -0.257. The third kappa shape index (κ3) is 4.30. The van der Waals surface area contributed by atoms with Crippen molar-refractivity contribution in [2.24, 2.45) is 0 Å². The first-order chi connectivity index (χ1) is 12.0. The van der Waals surface area contributed by atoms with Gasteiger partial charge in [-0.3, -0.25) is 9.59 Å². The normalized spacial score (nSPS) is 10.4. The van der Waals surface area contributed by atoms with E-state index in [0.717, 1.165) is 10.0 Å². The van der Waals surface area contributed by atoms with Gasteiger partial charge in [-0.05, 0) is 36.4 Å². The number of carboxylic acids is 1. The van der Waals surface area contributed by atoms with Gasteiger partial charge in [0.05, 0.1) is 6.20 Å². The third-order valence-electron chi connectivity index (χ3n) is 3.36. The maximum absolute atomic E-state index is 12.3. The zero-order valence-electron chi connectivity index (χ0n) is 12.9. The number of carbonyl (C=O) groups is 2. The molecule has 3 aromatic rings. The molecule has 0 radical (unpaired) electrons. The van der Waals surface area contributed by atoms with Crippen molar-refractivity contribution in [3.8, 4) is 11.3 Å². The zero-order valence-corrected chi connectivity index (χ0v) is 14.5. The summed E-state index contributed by atoms with van der Waals surface area (Å²) < 4.78 is 2.14. The van der Waals surface area contributed by atoms with Crippen LogP contribution in [0.5, 0.6) is 0 Å². The van der Waals surface area contributed by atoms with Crippen molar-refractivity contribution >= 4 is 33.5 Å². The summed E-state index contributed by atoms with van der Waals surface area (Å²) in [7, 11) is 0. The van der Waals surface area contributed by atoms with Crippen LogP contribution in [0.1, 0.15) is 10.4 Å². The van der Waals surface area contributed by atoms with Crippen LogP contribution in [0.3, 0.4) is 0 Å². The van der Waals surface area contributed by atoms with Crippen LogP contribution in [-0.4, -0.2) is 32.0 Å². The molecular formula is C17H13BrN4O3. The van der Waals surface area contributed by atoms with Gasteiger partial charge in [0.2, 0.25) is 0 Å². The molecule has 0 spiro atoms. The minimum atomic E-state index is -0.994. The second kappa shape index (κ2) is 7.27.